The lowest BCUT2D eigenvalue weighted by Crippen LogP contribution is -2.05. The number of ether oxygens (including phenoxy) is 2. The highest BCUT2D eigenvalue weighted by molar-refractivity contribution is 5.87. The Labute approximate surface area is 87.7 Å². The molecule has 0 N–H and O–H groups in total. The van der Waals surface area contributed by atoms with Crippen molar-refractivity contribution in [2.45, 2.75) is 13.8 Å². The summed E-state index contributed by atoms with van der Waals surface area (Å²) in [5, 5.41) is 0. The van der Waals surface area contributed by atoms with Crippen LogP contribution in [0.4, 0.5) is 0 Å². The van der Waals surface area contributed by atoms with Gasteiger partial charge in [-0.05, 0) is 13.8 Å². The summed E-state index contributed by atoms with van der Waals surface area (Å²) in [4.78, 5) is 15.1. The van der Waals surface area contributed by atoms with E-state index in [-0.39, 0.29) is 11.6 Å². The molecule has 1 aromatic heterocycles. The maximum atomic E-state index is 11.2. The molecule has 0 radical (unpaired) electrons. The van der Waals surface area contributed by atoms with Gasteiger partial charge in [-0.1, -0.05) is 6.58 Å². The second kappa shape index (κ2) is 5.19. The highest BCUT2D eigenvalue weighted by atomic mass is 16.5. The van der Waals surface area contributed by atoms with E-state index in [4.69, 9.17) is 13.9 Å². The van der Waals surface area contributed by atoms with Crippen LogP contribution in [-0.4, -0.2) is 24.2 Å². The van der Waals surface area contributed by atoms with Gasteiger partial charge in [-0.15, -0.1) is 0 Å². The summed E-state index contributed by atoms with van der Waals surface area (Å²) in [6, 6.07) is 0. The van der Waals surface area contributed by atoms with E-state index in [2.05, 4.69) is 11.6 Å². The van der Waals surface area contributed by atoms with Crippen LogP contribution in [0.1, 0.15) is 30.2 Å². The molecule has 0 amide bonds. The zero-order valence-electron chi connectivity index (χ0n) is 8.78. The Hall–Kier alpha value is -1.78. The second-order valence-corrected chi connectivity index (χ2v) is 2.61. The third-order valence-electron chi connectivity index (χ3n) is 1.55. The van der Waals surface area contributed by atoms with Crippen LogP contribution in [0.5, 0.6) is 0 Å². The molecule has 0 saturated heterocycles. The van der Waals surface area contributed by atoms with E-state index in [0.29, 0.717) is 19.0 Å². The Morgan fingerprint density at radius 1 is 1.47 bits per heavy atom. The Morgan fingerprint density at radius 2 is 2.13 bits per heavy atom. The molecule has 1 aromatic rings. The molecule has 0 atom stereocenters. The average Bonchev–Trinajstić information content (AvgIpc) is 2.67. The molecular weight excluding hydrogens is 198 g/mol. The van der Waals surface area contributed by atoms with Gasteiger partial charge in [0.1, 0.15) is 6.26 Å². The van der Waals surface area contributed by atoms with Crippen LogP contribution in [0.2, 0.25) is 0 Å². The van der Waals surface area contributed by atoms with Gasteiger partial charge in [0.25, 0.3) is 5.89 Å². The van der Waals surface area contributed by atoms with Gasteiger partial charge in [0, 0.05) is 0 Å². The molecular formula is C10H13NO4. The van der Waals surface area contributed by atoms with Crippen molar-refractivity contribution in [2.75, 3.05) is 13.2 Å². The minimum absolute atomic E-state index is 0.118. The number of carbonyl (C=O) groups excluding carboxylic acids is 1. The SMILES string of the molecule is C=C(OCC)c1nc(C(=O)OCC)co1. The van der Waals surface area contributed by atoms with Crippen LogP contribution in [0.15, 0.2) is 17.3 Å². The molecule has 0 aliphatic heterocycles. The van der Waals surface area contributed by atoms with Crippen molar-refractivity contribution in [1.82, 2.24) is 4.98 Å². The van der Waals surface area contributed by atoms with Crippen molar-refractivity contribution < 1.29 is 18.7 Å². The Morgan fingerprint density at radius 3 is 2.73 bits per heavy atom. The van der Waals surface area contributed by atoms with E-state index in [1.165, 1.54) is 6.26 Å². The molecule has 0 unspecified atom stereocenters. The van der Waals surface area contributed by atoms with Crippen molar-refractivity contribution >= 4 is 11.7 Å². The summed E-state index contributed by atoms with van der Waals surface area (Å²) in [5.41, 5.74) is 0.118. The minimum Gasteiger partial charge on any atom is -0.489 e. The first-order chi connectivity index (χ1) is 7.19. The number of nitrogens with zero attached hydrogens (tertiary/aromatic N) is 1. The molecule has 0 fully saturated rings. The first kappa shape index (κ1) is 11.3. The maximum Gasteiger partial charge on any atom is 0.360 e. The molecule has 0 bridgehead atoms. The van der Waals surface area contributed by atoms with Crippen molar-refractivity contribution in [3.8, 4) is 0 Å². The second-order valence-electron chi connectivity index (χ2n) is 2.61. The van der Waals surface area contributed by atoms with E-state index in [1.54, 1.807) is 6.92 Å². The molecule has 1 heterocycles. The molecule has 0 aliphatic carbocycles. The van der Waals surface area contributed by atoms with E-state index >= 15 is 0 Å². The molecule has 82 valence electrons. The topological polar surface area (TPSA) is 61.6 Å². The summed E-state index contributed by atoms with van der Waals surface area (Å²) in [5.74, 6) is -0.0234. The standard InChI is InChI=1S/C10H13NO4/c1-4-13-7(3)9-11-8(6-15-9)10(12)14-5-2/h6H,3-5H2,1-2H3. The van der Waals surface area contributed by atoms with E-state index in [0.717, 1.165) is 0 Å². The Kier molecular flexibility index (Phi) is 3.91. The Balaban J connectivity index is 2.71. The highest BCUT2D eigenvalue weighted by Crippen LogP contribution is 2.13. The number of oxazole rings is 1. The fourth-order valence-corrected chi connectivity index (χ4v) is 0.937. The molecule has 1 rings (SSSR count). The molecule has 0 saturated carbocycles. The summed E-state index contributed by atoms with van der Waals surface area (Å²) < 4.78 is 14.8. The van der Waals surface area contributed by atoms with E-state index in [1.807, 2.05) is 6.92 Å². The third kappa shape index (κ3) is 2.83. The summed E-state index contributed by atoms with van der Waals surface area (Å²) in [7, 11) is 0. The maximum absolute atomic E-state index is 11.2. The molecule has 15 heavy (non-hydrogen) atoms. The zero-order chi connectivity index (χ0) is 11.3. The normalized spacial score (nSPS) is 9.73. The van der Waals surface area contributed by atoms with Gasteiger partial charge in [0.05, 0.1) is 13.2 Å². The lowest BCUT2D eigenvalue weighted by atomic mass is 10.5. The zero-order valence-corrected chi connectivity index (χ0v) is 8.78. The minimum atomic E-state index is -0.517. The van der Waals surface area contributed by atoms with Crippen molar-refractivity contribution in [3.05, 3.63) is 24.4 Å². The number of hydrogen-bond acceptors (Lipinski definition) is 5. The van der Waals surface area contributed by atoms with Crippen molar-refractivity contribution in [2.24, 2.45) is 0 Å². The predicted molar refractivity (Wildman–Crippen MR) is 53.1 cm³/mol. The van der Waals surface area contributed by atoms with Crippen molar-refractivity contribution in [1.29, 1.82) is 0 Å². The number of hydrogen-bond donors (Lipinski definition) is 0. The van der Waals surface area contributed by atoms with Crippen LogP contribution >= 0.6 is 0 Å². The number of esters is 1. The number of carbonyl (C=O) groups is 1. The van der Waals surface area contributed by atoms with Gasteiger partial charge < -0.3 is 13.9 Å². The fourth-order valence-electron chi connectivity index (χ4n) is 0.937. The van der Waals surface area contributed by atoms with Gasteiger partial charge in [0.15, 0.2) is 11.5 Å². The van der Waals surface area contributed by atoms with E-state index < -0.39 is 5.97 Å². The van der Waals surface area contributed by atoms with Crippen LogP contribution in [0.3, 0.4) is 0 Å². The molecule has 5 nitrogen and oxygen atoms in total. The first-order valence-corrected chi connectivity index (χ1v) is 4.63. The molecule has 0 spiro atoms. The highest BCUT2D eigenvalue weighted by Gasteiger charge is 2.15. The van der Waals surface area contributed by atoms with Crippen LogP contribution in [-0.2, 0) is 9.47 Å². The van der Waals surface area contributed by atoms with Gasteiger partial charge >= 0.3 is 5.97 Å². The fraction of sp³-hybridized carbons (Fsp3) is 0.400. The lowest BCUT2D eigenvalue weighted by Gasteiger charge is -2.00. The van der Waals surface area contributed by atoms with Gasteiger partial charge in [-0.25, -0.2) is 4.79 Å². The van der Waals surface area contributed by atoms with Crippen LogP contribution in [0, 0.1) is 0 Å². The number of rotatable bonds is 5. The van der Waals surface area contributed by atoms with E-state index in [9.17, 15) is 4.79 Å². The van der Waals surface area contributed by atoms with Crippen molar-refractivity contribution in [3.63, 3.8) is 0 Å². The smallest absolute Gasteiger partial charge is 0.360 e. The molecule has 0 aromatic carbocycles. The quantitative estimate of drug-likeness (QED) is 0.549. The van der Waals surface area contributed by atoms with Crippen LogP contribution < -0.4 is 0 Å². The van der Waals surface area contributed by atoms with Gasteiger partial charge in [-0.3, -0.25) is 0 Å². The van der Waals surface area contributed by atoms with Gasteiger partial charge in [0.2, 0.25) is 0 Å². The summed E-state index contributed by atoms with van der Waals surface area (Å²) in [6.07, 6.45) is 1.22. The molecule has 5 heteroatoms. The predicted octanol–water partition coefficient (Wildman–Crippen LogP) is 1.86. The Bertz CT molecular complexity index is 324. The van der Waals surface area contributed by atoms with Crippen LogP contribution in [0.25, 0.3) is 5.76 Å². The monoisotopic (exact) mass is 211 g/mol. The lowest BCUT2D eigenvalue weighted by molar-refractivity contribution is 0.0519. The van der Waals surface area contributed by atoms with Gasteiger partial charge in [-0.2, -0.15) is 4.98 Å². The largest absolute Gasteiger partial charge is 0.489 e. The summed E-state index contributed by atoms with van der Waals surface area (Å²) >= 11 is 0. The number of aromatic nitrogens is 1. The average molecular weight is 211 g/mol. The molecule has 0 aliphatic rings. The third-order valence-corrected chi connectivity index (χ3v) is 1.55. The first-order valence-electron chi connectivity index (χ1n) is 4.63. The summed E-state index contributed by atoms with van der Waals surface area (Å²) in [6.45, 7) is 7.91.